The van der Waals surface area contributed by atoms with E-state index in [0.29, 0.717) is 0 Å². The van der Waals surface area contributed by atoms with Gasteiger partial charge in [-0.1, -0.05) is 0 Å². The third-order valence-corrected chi connectivity index (χ3v) is 1.64. The van der Waals surface area contributed by atoms with Gasteiger partial charge in [0.1, 0.15) is 0 Å². The van der Waals surface area contributed by atoms with Crippen LogP contribution in [0.25, 0.3) is 0 Å². The molecule has 12 heavy (non-hydrogen) atoms. The average molecular weight is 242 g/mol. The van der Waals surface area contributed by atoms with Crippen LogP contribution >= 0.6 is 15.9 Å². The molecule has 0 fully saturated rings. The maximum absolute atomic E-state index is 12.6. The molecule has 0 aliphatic carbocycles. The minimum atomic E-state index is -3.06. The molecule has 0 spiro atoms. The molecule has 66 valence electrons. The molecule has 2 nitrogen and oxygen atoms in total. The van der Waals surface area contributed by atoms with Crippen LogP contribution in [0.5, 0.6) is 5.75 Å². The van der Waals surface area contributed by atoms with Crippen molar-refractivity contribution in [2.75, 3.05) is 0 Å². The Balaban J connectivity index is 2.96. The molecule has 0 radical (unpaired) electrons. The molecule has 1 rings (SSSR count). The number of rotatable bonds is 2. The summed E-state index contributed by atoms with van der Waals surface area (Å²) in [5.41, 5.74) is 0. The molecule has 6 heteroatoms. The Morgan fingerprint density at radius 1 is 1.50 bits per heavy atom. The normalized spacial score (nSPS) is 10.4. The van der Waals surface area contributed by atoms with Gasteiger partial charge in [0.15, 0.2) is 5.75 Å². The predicted octanol–water partition coefficient (Wildman–Crippen LogP) is 2.58. The highest BCUT2D eigenvalue weighted by Gasteiger charge is 2.13. The Hall–Kier alpha value is -0.780. The standard InChI is InChI=1S/C6H3BrF3NO/c7-3-1-2-11-5(8)4(3)12-6(9)10/h1-2,6H. The molecule has 0 aliphatic rings. The van der Waals surface area contributed by atoms with Gasteiger partial charge in [-0.2, -0.15) is 13.2 Å². The van der Waals surface area contributed by atoms with Gasteiger partial charge in [-0.05, 0) is 22.0 Å². The van der Waals surface area contributed by atoms with Crippen LogP contribution in [0.3, 0.4) is 0 Å². The summed E-state index contributed by atoms with van der Waals surface area (Å²) in [5.74, 6) is -1.64. The largest absolute Gasteiger partial charge is 0.429 e. The molecule has 1 heterocycles. The molecule has 0 aromatic carbocycles. The van der Waals surface area contributed by atoms with Crippen molar-refractivity contribution < 1.29 is 17.9 Å². The first-order valence-electron chi connectivity index (χ1n) is 2.86. The summed E-state index contributed by atoms with van der Waals surface area (Å²) in [5, 5.41) is 0. The number of ether oxygens (including phenoxy) is 1. The van der Waals surface area contributed by atoms with E-state index in [9.17, 15) is 13.2 Å². The Morgan fingerprint density at radius 2 is 2.17 bits per heavy atom. The van der Waals surface area contributed by atoms with E-state index in [4.69, 9.17) is 0 Å². The van der Waals surface area contributed by atoms with Gasteiger partial charge in [0, 0.05) is 6.20 Å². The van der Waals surface area contributed by atoms with E-state index in [0.717, 1.165) is 6.20 Å². The summed E-state index contributed by atoms with van der Waals surface area (Å²) < 4.78 is 39.9. The van der Waals surface area contributed by atoms with Gasteiger partial charge in [-0.25, -0.2) is 4.98 Å². The van der Waals surface area contributed by atoms with Gasteiger partial charge in [-0.3, -0.25) is 0 Å². The van der Waals surface area contributed by atoms with Crippen molar-refractivity contribution in [1.82, 2.24) is 4.98 Å². The lowest BCUT2D eigenvalue weighted by molar-refractivity contribution is -0.0532. The Bertz CT molecular complexity index is 261. The number of hydrogen-bond donors (Lipinski definition) is 0. The molecule has 0 unspecified atom stereocenters. The van der Waals surface area contributed by atoms with Crippen molar-refractivity contribution in [2.45, 2.75) is 6.61 Å². The topological polar surface area (TPSA) is 22.1 Å². The molecule has 0 saturated heterocycles. The zero-order chi connectivity index (χ0) is 9.14. The van der Waals surface area contributed by atoms with E-state index in [1.165, 1.54) is 6.07 Å². The van der Waals surface area contributed by atoms with Crippen LogP contribution in [-0.2, 0) is 0 Å². The lowest BCUT2D eigenvalue weighted by Gasteiger charge is -2.05. The highest BCUT2D eigenvalue weighted by atomic mass is 79.9. The van der Waals surface area contributed by atoms with E-state index < -0.39 is 18.3 Å². The minimum absolute atomic E-state index is 0.107. The second-order valence-electron chi connectivity index (χ2n) is 1.79. The summed E-state index contributed by atoms with van der Waals surface area (Å²) in [4.78, 5) is 3.14. The molecular weight excluding hydrogens is 239 g/mol. The molecule has 0 bridgehead atoms. The number of hydrogen-bond acceptors (Lipinski definition) is 2. The van der Waals surface area contributed by atoms with E-state index in [-0.39, 0.29) is 4.47 Å². The molecule has 0 atom stereocenters. The first-order chi connectivity index (χ1) is 5.61. The highest BCUT2D eigenvalue weighted by molar-refractivity contribution is 9.10. The fraction of sp³-hybridized carbons (Fsp3) is 0.167. The Kier molecular flexibility index (Phi) is 2.91. The summed E-state index contributed by atoms with van der Waals surface area (Å²) in [6.45, 7) is -3.06. The molecule has 1 aromatic heterocycles. The summed E-state index contributed by atoms with van der Waals surface area (Å²) >= 11 is 2.84. The zero-order valence-electron chi connectivity index (χ0n) is 5.60. The number of pyridine rings is 1. The maximum Gasteiger partial charge on any atom is 0.387 e. The van der Waals surface area contributed by atoms with Crippen LogP contribution in [0.15, 0.2) is 16.7 Å². The van der Waals surface area contributed by atoms with E-state index >= 15 is 0 Å². The smallest absolute Gasteiger partial charge is 0.387 e. The van der Waals surface area contributed by atoms with Crippen molar-refractivity contribution in [2.24, 2.45) is 0 Å². The third-order valence-electron chi connectivity index (χ3n) is 1.02. The van der Waals surface area contributed by atoms with Gasteiger partial charge in [0.05, 0.1) is 4.47 Å². The number of alkyl halides is 2. The van der Waals surface area contributed by atoms with Gasteiger partial charge in [0.2, 0.25) is 0 Å². The summed E-state index contributed by atoms with van der Waals surface area (Å²) in [6.07, 6.45) is 1.14. The highest BCUT2D eigenvalue weighted by Crippen LogP contribution is 2.27. The second-order valence-corrected chi connectivity index (χ2v) is 2.65. The number of halogens is 4. The van der Waals surface area contributed by atoms with Crippen LogP contribution < -0.4 is 4.74 Å². The van der Waals surface area contributed by atoms with E-state index in [2.05, 4.69) is 25.7 Å². The molecule has 1 aromatic rings. The Morgan fingerprint density at radius 3 is 2.67 bits per heavy atom. The molecule has 0 aliphatic heterocycles. The SMILES string of the molecule is Fc1nccc(Br)c1OC(F)F. The van der Waals surface area contributed by atoms with Crippen LogP contribution in [0.4, 0.5) is 13.2 Å². The van der Waals surface area contributed by atoms with Crippen molar-refractivity contribution in [1.29, 1.82) is 0 Å². The fourth-order valence-corrected chi connectivity index (χ4v) is 0.970. The van der Waals surface area contributed by atoms with Gasteiger partial charge in [0.25, 0.3) is 5.95 Å². The summed E-state index contributed by atoms with van der Waals surface area (Å²) in [7, 11) is 0. The number of aromatic nitrogens is 1. The molecule has 0 N–H and O–H groups in total. The minimum Gasteiger partial charge on any atom is -0.429 e. The van der Waals surface area contributed by atoms with E-state index in [1.807, 2.05) is 0 Å². The van der Waals surface area contributed by atoms with Crippen molar-refractivity contribution >= 4 is 15.9 Å². The summed E-state index contributed by atoms with van der Waals surface area (Å²) in [6, 6.07) is 1.31. The van der Waals surface area contributed by atoms with Gasteiger partial charge < -0.3 is 4.74 Å². The van der Waals surface area contributed by atoms with Crippen LogP contribution in [0.1, 0.15) is 0 Å². The molecular formula is C6H3BrF3NO. The van der Waals surface area contributed by atoms with Crippen molar-refractivity contribution in [3.05, 3.63) is 22.7 Å². The molecule has 0 amide bonds. The number of nitrogens with zero attached hydrogens (tertiary/aromatic N) is 1. The van der Waals surface area contributed by atoms with Gasteiger partial charge in [-0.15, -0.1) is 0 Å². The van der Waals surface area contributed by atoms with Crippen molar-refractivity contribution in [3.63, 3.8) is 0 Å². The average Bonchev–Trinajstić information content (AvgIpc) is 1.97. The van der Waals surface area contributed by atoms with Crippen LogP contribution in [0, 0.1) is 5.95 Å². The van der Waals surface area contributed by atoms with Crippen LogP contribution in [0.2, 0.25) is 0 Å². The third kappa shape index (κ3) is 2.10. The predicted molar refractivity (Wildman–Crippen MR) is 38.5 cm³/mol. The van der Waals surface area contributed by atoms with Crippen LogP contribution in [-0.4, -0.2) is 11.6 Å². The second kappa shape index (κ2) is 3.75. The van der Waals surface area contributed by atoms with Crippen molar-refractivity contribution in [3.8, 4) is 5.75 Å². The quantitative estimate of drug-likeness (QED) is 0.743. The van der Waals surface area contributed by atoms with E-state index in [1.54, 1.807) is 0 Å². The lowest BCUT2D eigenvalue weighted by atomic mass is 10.4. The molecule has 0 saturated carbocycles. The zero-order valence-corrected chi connectivity index (χ0v) is 7.19. The Labute approximate surface area is 74.5 Å². The van der Waals surface area contributed by atoms with Gasteiger partial charge >= 0.3 is 6.61 Å². The lowest BCUT2D eigenvalue weighted by Crippen LogP contribution is -2.05. The first-order valence-corrected chi connectivity index (χ1v) is 3.65. The maximum atomic E-state index is 12.6. The monoisotopic (exact) mass is 241 g/mol. The first kappa shape index (κ1) is 9.31. The fourth-order valence-electron chi connectivity index (χ4n) is 0.595.